The summed E-state index contributed by atoms with van der Waals surface area (Å²) < 4.78 is 38.8. The fourth-order valence-corrected chi connectivity index (χ4v) is 5.59. The van der Waals surface area contributed by atoms with Crippen molar-refractivity contribution in [3.05, 3.63) is 179 Å². The highest BCUT2D eigenvalue weighted by Crippen LogP contribution is 2.32. The minimum atomic E-state index is -1.11. The van der Waals surface area contributed by atoms with Crippen LogP contribution in [0.15, 0.2) is 152 Å². The first-order valence-corrected chi connectivity index (χ1v) is 16.2. The zero-order valence-corrected chi connectivity index (χ0v) is 26.7. The first kappa shape index (κ1) is 33.3. The Morgan fingerprint density at radius 2 is 0.875 bits per heavy atom. The third kappa shape index (κ3) is 9.47. The molecule has 0 saturated carbocycles. The van der Waals surface area contributed by atoms with Crippen molar-refractivity contribution in [2.24, 2.45) is 0 Å². The maximum atomic E-state index is 13.5. The quantitative estimate of drug-likeness (QED) is 0.109. The molecule has 48 heavy (non-hydrogen) atoms. The monoisotopic (exact) mass is 644 g/mol. The van der Waals surface area contributed by atoms with Gasteiger partial charge in [0.05, 0.1) is 38.6 Å². The van der Waals surface area contributed by atoms with Crippen LogP contribution >= 0.6 is 0 Å². The predicted molar refractivity (Wildman–Crippen MR) is 182 cm³/mol. The zero-order valence-electron chi connectivity index (χ0n) is 26.7. The van der Waals surface area contributed by atoms with Gasteiger partial charge in [-0.2, -0.15) is 0 Å². The van der Waals surface area contributed by atoms with Gasteiger partial charge in [0.1, 0.15) is 24.4 Å². The summed E-state index contributed by atoms with van der Waals surface area (Å²) in [6.07, 6.45) is -3.90. The van der Waals surface area contributed by atoms with E-state index in [-0.39, 0.29) is 13.2 Å². The van der Waals surface area contributed by atoms with E-state index in [0.717, 1.165) is 22.3 Å². The van der Waals surface area contributed by atoms with Gasteiger partial charge in [0.15, 0.2) is 0 Å². The largest absolute Gasteiger partial charge is 0.429 e. The summed E-state index contributed by atoms with van der Waals surface area (Å²) in [4.78, 5) is 13.5. The minimum Gasteiger partial charge on any atom is -0.429 e. The zero-order chi connectivity index (χ0) is 32.8. The lowest BCUT2D eigenvalue weighted by atomic mass is 9.97. The van der Waals surface area contributed by atoms with Gasteiger partial charge in [0.2, 0.25) is 6.29 Å². The van der Waals surface area contributed by atoms with Crippen molar-refractivity contribution in [1.29, 1.82) is 0 Å². The van der Waals surface area contributed by atoms with Gasteiger partial charge in [-0.1, -0.05) is 140 Å². The average Bonchev–Trinajstić information content (AvgIpc) is 3.15. The molecule has 0 bridgehead atoms. The number of benzene rings is 5. The highest BCUT2D eigenvalue weighted by Gasteiger charge is 2.50. The molecule has 1 heterocycles. The fourth-order valence-electron chi connectivity index (χ4n) is 5.59. The summed E-state index contributed by atoms with van der Waals surface area (Å²) in [7, 11) is 0. The molecule has 0 N–H and O–H groups in total. The van der Waals surface area contributed by atoms with E-state index < -0.39 is 36.7 Å². The molecule has 0 aliphatic carbocycles. The maximum absolute atomic E-state index is 13.5. The van der Waals surface area contributed by atoms with Crippen molar-refractivity contribution < 1.29 is 33.2 Å². The van der Waals surface area contributed by atoms with Crippen molar-refractivity contribution in [3.8, 4) is 0 Å². The fraction of sp³-hybridized carbons (Fsp3) is 0.244. The second kappa shape index (κ2) is 17.5. The number of carbonyl (C=O) groups excluding carboxylic acids is 1. The number of esters is 1. The molecule has 1 aliphatic rings. The van der Waals surface area contributed by atoms with Gasteiger partial charge >= 0.3 is 5.97 Å². The van der Waals surface area contributed by atoms with E-state index in [4.69, 9.17) is 28.4 Å². The number of ether oxygens (including phenoxy) is 6. The Balaban J connectivity index is 1.32. The number of rotatable bonds is 15. The molecule has 6 rings (SSSR count). The Bertz CT molecular complexity index is 1640. The standard InChI is InChI=1S/C41H40O7/c42-40(35-24-14-5-15-25-35)48-41-39(46-29-34-22-12-4-13-23-34)38(45-28-33-20-10-3-11-21-33)37(44-27-32-18-8-2-9-19-32)36(47-41)30-43-26-31-16-6-1-7-17-31/h1-25,36-39,41H,26-30H2/t36-,37+,38+,39-,41-/m1/s1. The number of carbonyl (C=O) groups is 1. The molecule has 7 heteroatoms. The molecular weight excluding hydrogens is 604 g/mol. The third-order valence-corrected chi connectivity index (χ3v) is 8.07. The van der Waals surface area contributed by atoms with E-state index in [9.17, 15) is 4.79 Å². The minimum absolute atomic E-state index is 0.171. The number of hydrogen-bond donors (Lipinski definition) is 0. The van der Waals surface area contributed by atoms with E-state index in [1.54, 1.807) is 24.3 Å². The van der Waals surface area contributed by atoms with Gasteiger partial charge in [-0.3, -0.25) is 0 Å². The van der Waals surface area contributed by atoms with Crippen LogP contribution in [0.3, 0.4) is 0 Å². The Morgan fingerprint density at radius 1 is 0.479 bits per heavy atom. The van der Waals surface area contributed by atoms with Crippen LogP contribution in [0, 0.1) is 0 Å². The predicted octanol–water partition coefficient (Wildman–Crippen LogP) is 7.54. The molecule has 0 amide bonds. The number of hydrogen-bond acceptors (Lipinski definition) is 7. The normalized spacial score (nSPS) is 20.6. The van der Waals surface area contributed by atoms with Crippen LogP contribution in [0.4, 0.5) is 0 Å². The molecule has 0 aromatic heterocycles. The van der Waals surface area contributed by atoms with Crippen molar-refractivity contribution in [3.63, 3.8) is 0 Å². The maximum Gasteiger partial charge on any atom is 0.340 e. The van der Waals surface area contributed by atoms with Crippen LogP contribution in [-0.2, 0) is 54.8 Å². The summed E-state index contributed by atoms with van der Waals surface area (Å²) in [5, 5.41) is 0. The lowest BCUT2D eigenvalue weighted by Gasteiger charge is -2.45. The lowest BCUT2D eigenvalue weighted by molar-refractivity contribution is -0.315. The van der Waals surface area contributed by atoms with Gasteiger partial charge in [-0.25, -0.2) is 4.79 Å². The van der Waals surface area contributed by atoms with Crippen LogP contribution in [0.1, 0.15) is 32.6 Å². The van der Waals surface area contributed by atoms with E-state index in [2.05, 4.69) is 0 Å². The van der Waals surface area contributed by atoms with E-state index in [1.165, 1.54) is 0 Å². The Labute approximate surface area is 282 Å². The van der Waals surface area contributed by atoms with Crippen molar-refractivity contribution in [2.45, 2.75) is 57.1 Å². The van der Waals surface area contributed by atoms with Crippen LogP contribution in [0.25, 0.3) is 0 Å². The molecule has 1 fully saturated rings. The van der Waals surface area contributed by atoms with Gasteiger partial charge in [-0.15, -0.1) is 0 Å². The molecule has 5 atom stereocenters. The molecule has 7 nitrogen and oxygen atoms in total. The molecule has 246 valence electrons. The molecular formula is C41H40O7. The highest BCUT2D eigenvalue weighted by molar-refractivity contribution is 5.89. The summed E-state index contributed by atoms with van der Waals surface area (Å²) in [6.45, 7) is 1.41. The van der Waals surface area contributed by atoms with Crippen LogP contribution in [0.5, 0.6) is 0 Å². The first-order chi connectivity index (χ1) is 23.7. The molecule has 0 radical (unpaired) electrons. The van der Waals surface area contributed by atoms with E-state index in [1.807, 2.05) is 127 Å². The summed E-state index contributed by atoms with van der Waals surface area (Å²) >= 11 is 0. The highest BCUT2D eigenvalue weighted by atomic mass is 16.7. The van der Waals surface area contributed by atoms with Crippen LogP contribution < -0.4 is 0 Å². The van der Waals surface area contributed by atoms with Crippen molar-refractivity contribution in [1.82, 2.24) is 0 Å². The first-order valence-electron chi connectivity index (χ1n) is 16.2. The Kier molecular flexibility index (Phi) is 12.1. The summed E-state index contributed by atoms with van der Waals surface area (Å²) in [5.41, 5.74) is 4.39. The van der Waals surface area contributed by atoms with Crippen LogP contribution in [0.2, 0.25) is 0 Å². The van der Waals surface area contributed by atoms with Crippen molar-refractivity contribution in [2.75, 3.05) is 6.61 Å². The molecule has 1 saturated heterocycles. The molecule has 5 aromatic rings. The van der Waals surface area contributed by atoms with Gasteiger partial charge in [0, 0.05) is 0 Å². The average molecular weight is 645 g/mol. The second-order valence-electron chi connectivity index (χ2n) is 11.6. The second-order valence-corrected chi connectivity index (χ2v) is 11.6. The summed E-state index contributed by atoms with van der Waals surface area (Å²) in [5.74, 6) is -0.525. The smallest absolute Gasteiger partial charge is 0.340 e. The van der Waals surface area contributed by atoms with Crippen molar-refractivity contribution >= 4 is 5.97 Å². The molecule has 1 aliphatic heterocycles. The summed E-state index contributed by atoms with van der Waals surface area (Å²) in [6, 6.07) is 48.5. The van der Waals surface area contributed by atoms with Gasteiger partial charge in [-0.05, 0) is 34.4 Å². The topological polar surface area (TPSA) is 72.5 Å². The molecule has 5 aromatic carbocycles. The van der Waals surface area contributed by atoms with E-state index >= 15 is 0 Å². The third-order valence-electron chi connectivity index (χ3n) is 8.07. The van der Waals surface area contributed by atoms with Crippen LogP contribution in [-0.4, -0.2) is 43.3 Å². The lowest BCUT2D eigenvalue weighted by Crippen LogP contribution is -2.62. The molecule has 0 spiro atoms. The molecule has 0 unspecified atom stereocenters. The van der Waals surface area contributed by atoms with Gasteiger partial charge < -0.3 is 28.4 Å². The Morgan fingerprint density at radius 3 is 1.35 bits per heavy atom. The van der Waals surface area contributed by atoms with E-state index in [0.29, 0.717) is 25.4 Å². The van der Waals surface area contributed by atoms with Gasteiger partial charge in [0.25, 0.3) is 0 Å². The SMILES string of the molecule is O=C(O[C@H]1O[C@H](COCc2ccccc2)[C@H](OCc2ccccc2)[C@H](OCc2ccccc2)[C@H]1OCc1ccccc1)c1ccccc1. The Hall–Kier alpha value is -4.63.